The van der Waals surface area contributed by atoms with Gasteiger partial charge < -0.3 is 9.80 Å². The van der Waals surface area contributed by atoms with E-state index in [1.54, 1.807) is 28.0 Å². The second kappa shape index (κ2) is 5.13. The second-order valence-electron chi connectivity index (χ2n) is 4.67. The largest absolute Gasteiger partial charge is 0.345 e. The van der Waals surface area contributed by atoms with Gasteiger partial charge in [-0.2, -0.15) is 5.10 Å². The lowest BCUT2D eigenvalue weighted by Crippen LogP contribution is -2.50. The molecule has 0 spiro atoms. The first-order valence-electron chi connectivity index (χ1n) is 6.29. The number of anilines is 2. The van der Waals surface area contributed by atoms with Crippen molar-refractivity contribution in [3.63, 3.8) is 0 Å². The van der Waals surface area contributed by atoms with Crippen molar-refractivity contribution in [3.05, 3.63) is 35.7 Å². The molecule has 0 bridgehead atoms. The molecule has 104 valence electrons. The molecule has 1 fully saturated rings. The Hall–Kier alpha value is -2.08. The van der Waals surface area contributed by atoms with Gasteiger partial charge in [-0.1, -0.05) is 11.6 Å². The van der Waals surface area contributed by atoms with E-state index in [2.05, 4.69) is 10.1 Å². The van der Waals surface area contributed by atoms with Crippen LogP contribution in [0.4, 0.5) is 11.5 Å². The molecule has 1 saturated heterocycles. The SMILES string of the molecule is Cn1cc(N2CCN(c3ccc(Cl)cn3)CC2=O)cn1. The first-order valence-corrected chi connectivity index (χ1v) is 6.67. The van der Waals surface area contributed by atoms with Gasteiger partial charge in [-0.05, 0) is 12.1 Å². The zero-order chi connectivity index (χ0) is 14.1. The normalized spacial score (nSPS) is 15.8. The van der Waals surface area contributed by atoms with E-state index in [1.165, 1.54) is 0 Å². The monoisotopic (exact) mass is 291 g/mol. The van der Waals surface area contributed by atoms with E-state index in [-0.39, 0.29) is 5.91 Å². The topological polar surface area (TPSA) is 54.3 Å². The molecule has 1 aliphatic heterocycles. The molecule has 1 aliphatic rings. The zero-order valence-electron chi connectivity index (χ0n) is 11.0. The van der Waals surface area contributed by atoms with Crippen LogP contribution in [-0.4, -0.2) is 40.3 Å². The maximum Gasteiger partial charge on any atom is 0.246 e. The van der Waals surface area contributed by atoms with Crippen LogP contribution in [-0.2, 0) is 11.8 Å². The fraction of sp³-hybridized carbons (Fsp3) is 0.308. The fourth-order valence-electron chi connectivity index (χ4n) is 2.24. The minimum absolute atomic E-state index is 0.0426. The lowest BCUT2D eigenvalue weighted by atomic mass is 10.2. The number of pyridine rings is 1. The van der Waals surface area contributed by atoms with Crippen molar-refractivity contribution in [3.8, 4) is 0 Å². The van der Waals surface area contributed by atoms with E-state index in [0.717, 1.165) is 18.1 Å². The van der Waals surface area contributed by atoms with E-state index in [0.29, 0.717) is 18.1 Å². The molecule has 3 rings (SSSR count). The molecule has 0 atom stereocenters. The van der Waals surface area contributed by atoms with E-state index in [1.807, 2.05) is 24.2 Å². The smallest absolute Gasteiger partial charge is 0.246 e. The third kappa shape index (κ3) is 2.46. The number of nitrogens with zero attached hydrogens (tertiary/aromatic N) is 5. The Morgan fingerprint density at radius 3 is 2.70 bits per heavy atom. The lowest BCUT2D eigenvalue weighted by Gasteiger charge is -2.34. The summed E-state index contributed by atoms with van der Waals surface area (Å²) < 4.78 is 1.69. The van der Waals surface area contributed by atoms with Crippen LogP contribution >= 0.6 is 11.6 Å². The number of hydrogen-bond donors (Lipinski definition) is 0. The van der Waals surface area contributed by atoms with Gasteiger partial charge in [0.05, 0.1) is 23.5 Å². The van der Waals surface area contributed by atoms with Gasteiger partial charge in [0.2, 0.25) is 5.91 Å². The maximum absolute atomic E-state index is 12.2. The number of carbonyl (C=O) groups is 1. The van der Waals surface area contributed by atoms with Gasteiger partial charge in [0.1, 0.15) is 5.82 Å². The average molecular weight is 292 g/mol. The summed E-state index contributed by atoms with van der Waals surface area (Å²) in [7, 11) is 1.84. The molecule has 3 heterocycles. The highest BCUT2D eigenvalue weighted by atomic mass is 35.5. The number of aromatic nitrogens is 3. The summed E-state index contributed by atoms with van der Waals surface area (Å²) in [6.45, 7) is 1.66. The quantitative estimate of drug-likeness (QED) is 0.837. The Kier molecular flexibility index (Phi) is 3.31. The molecule has 2 aromatic rings. The summed E-state index contributed by atoms with van der Waals surface area (Å²) in [6.07, 6.45) is 5.14. The van der Waals surface area contributed by atoms with E-state index >= 15 is 0 Å². The lowest BCUT2D eigenvalue weighted by molar-refractivity contribution is -0.117. The first-order chi connectivity index (χ1) is 9.63. The first kappa shape index (κ1) is 12.9. The van der Waals surface area contributed by atoms with Crippen molar-refractivity contribution in [2.75, 3.05) is 29.4 Å². The molecule has 0 aromatic carbocycles. The van der Waals surface area contributed by atoms with Gasteiger partial charge in [0, 0.05) is 32.5 Å². The van der Waals surface area contributed by atoms with Gasteiger partial charge in [0.15, 0.2) is 0 Å². The summed E-state index contributed by atoms with van der Waals surface area (Å²) in [5.74, 6) is 0.814. The molecule has 0 N–H and O–H groups in total. The van der Waals surface area contributed by atoms with Crippen molar-refractivity contribution in [2.45, 2.75) is 0 Å². The third-order valence-corrected chi connectivity index (χ3v) is 3.48. The molecule has 2 aromatic heterocycles. The summed E-state index contributed by atoms with van der Waals surface area (Å²) in [5, 5.41) is 4.69. The van der Waals surface area contributed by atoms with Gasteiger partial charge in [-0.15, -0.1) is 0 Å². The maximum atomic E-state index is 12.2. The van der Waals surface area contributed by atoms with Gasteiger partial charge in [-0.3, -0.25) is 9.48 Å². The Morgan fingerprint density at radius 1 is 1.25 bits per heavy atom. The predicted molar refractivity (Wildman–Crippen MR) is 77.0 cm³/mol. The van der Waals surface area contributed by atoms with Crippen LogP contribution in [0, 0.1) is 0 Å². The van der Waals surface area contributed by atoms with Crippen LogP contribution in [0.1, 0.15) is 0 Å². The fourth-order valence-corrected chi connectivity index (χ4v) is 2.36. The minimum atomic E-state index is 0.0426. The average Bonchev–Trinajstić information content (AvgIpc) is 2.86. The third-order valence-electron chi connectivity index (χ3n) is 3.26. The molecule has 0 unspecified atom stereocenters. The van der Waals surface area contributed by atoms with Gasteiger partial charge in [0.25, 0.3) is 0 Å². The molecule has 0 radical (unpaired) electrons. The Morgan fingerprint density at radius 2 is 2.10 bits per heavy atom. The number of piperazine rings is 1. The Bertz CT molecular complexity index is 624. The zero-order valence-corrected chi connectivity index (χ0v) is 11.8. The summed E-state index contributed by atoms with van der Waals surface area (Å²) in [4.78, 5) is 20.2. The molecule has 7 heteroatoms. The van der Waals surface area contributed by atoms with Crippen LogP contribution in [0.15, 0.2) is 30.7 Å². The van der Waals surface area contributed by atoms with Crippen LogP contribution in [0.3, 0.4) is 0 Å². The van der Waals surface area contributed by atoms with Crippen molar-refractivity contribution in [2.24, 2.45) is 7.05 Å². The highest BCUT2D eigenvalue weighted by Gasteiger charge is 2.26. The minimum Gasteiger partial charge on any atom is -0.345 e. The molecule has 1 amide bonds. The van der Waals surface area contributed by atoms with Crippen molar-refractivity contribution in [1.82, 2.24) is 14.8 Å². The van der Waals surface area contributed by atoms with Crippen molar-refractivity contribution in [1.29, 1.82) is 0 Å². The number of amides is 1. The molecule has 0 aliphatic carbocycles. The highest BCUT2D eigenvalue weighted by Crippen LogP contribution is 2.20. The van der Waals surface area contributed by atoms with E-state index in [9.17, 15) is 4.79 Å². The van der Waals surface area contributed by atoms with Gasteiger partial charge >= 0.3 is 0 Å². The summed E-state index contributed by atoms with van der Waals surface area (Å²) in [6, 6.07) is 3.61. The standard InChI is InChI=1S/C13H14ClN5O/c1-17-8-11(7-16-17)19-5-4-18(9-13(19)20)12-3-2-10(14)6-15-12/h2-3,6-8H,4-5,9H2,1H3. The molecular formula is C13H14ClN5O. The van der Waals surface area contributed by atoms with Crippen LogP contribution < -0.4 is 9.80 Å². The second-order valence-corrected chi connectivity index (χ2v) is 5.11. The number of aryl methyl sites for hydroxylation is 1. The number of halogens is 1. The van der Waals surface area contributed by atoms with E-state index in [4.69, 9.17) is 11.6 Å². The molecule has 20 heavy (non-hydrogen) atoms. The predicted octanol–water partition coefficient (Wildman–Crippen LogP) is 1.32. The van der Waals surface area contributed by atoms with Gasteiger partial charge in [-0.25, -0.2) is 4.98 Å². The number of rotatable bonds is 2. The van der Waals surface area contributed by atoms with Crippen molar-refractivity contribution < 1.29 is 4.79 Å². The van der Waals surface area contributed by atoms with Crippen molar-refractivity contribution >= 4 is 29.0 Å². The highest BCUT2D eigenvalue weighted by molar-refractivity contribution is 6.30. The van der Waals surface area contributed by atoms with Crippen LogP contribution in [0.5, 0.6) is 0 Å². The van der Waals surface area contributed by atoms with Crippen LogP contribution in [0.25, 0.3) is 0 Å². The number of carbonyl (C=O) groups excluding carboxylic acids is 1. The molecule has 6 nitrogen and oxygen atoms in total. The Labute approximate surface area is 121 Å². The number of hydrogen-bond acceptors (Lipinski definition) is 4. The molecular weight excluding hydrogens is 278 g/mol. The van der Waals surface area contributed by atoms with E-state index < -0.39 is 0 Å². The summed E-state index contributed by atoms with van der Waals surface area (Å²) >= 11 is 5.82. The molecule has 0 saturated carbocycles. The summed E-state index contributed by atoms with van der Waals surface area (Å²) in [5.41, 5.74) is 0.834. The Balaban J connectivity index is 1.73. The van der Waals surface area contributed by atoms with Crippen LogP contribution in [0.2, 0.25) is 5.02 Å².